The molecule has 0 aromatic rings. The van der Waals surface area contributed by atoms with Crippen LogP contribution in [0.15, 0.2) is 0 Å². The second-order valence-corrected chi connectivity index (χ2v) is 6.46. The zero-order chi connectivity index (χ0) is 13.8. The highest BCUT2D eigenvalue weighted by Crippen LogP contribution is 2.30. The molecule has 1 atom stereocenters. The molecule has 0 bridgehead atoms. The third-order valence-corrected chi connectivity index (χ3v) is 4.01. The summed E-state index contributed by atoms with van der Waals surface area (Å²) >= 11 is 0. The van der Waals surface area contributed by atoms with Crippen LogP contribution in [0.3, 0.4) is 0 Å². The number of nitrogens with zero attached hydrogens (tertiary/aromatic N) is 1. The minimum absolute atomic E-state index is 0.395. The Bertz CT molecular complexity index is 292. The minimum atomic E-state index is -0.830. The van der Waals surface area contributed by atoms with Gasteiger partial charge in [-0.25, -0.2) is 0 Å². The molecule has 4 nitrogen and oxygen atoms in total. The van der Waals surface area contributed by atoms with Gasteiger partial charge in [0.15, 0.2) is 0 Å². The molecular formula is C14H28N2O2. The summed E-state index contributed by atoms with van der Waals surface area (Å²) in [5, 5.41) is 12.5. The molecule has 1 saturated heterocycles. The Morgan fingerprint density at radius 3 is 2.61 bits per heavy atom. The van der Waals surface area contributed by atoms with E-state index in [1.54, 1.807) is 6.92 Å². The molecule has 106 valence electrons. The number of hydrogen-bond acceptors (Lipinski definition) is 3. The highest BCUT2D eigenvalue weighted by Gasteiger charge is 2.35. The van der Waals surface area contributed by atoms with Crippen LogP contribution in [0.1, 0.15) is 47.0 Å². The number of aliphatic carboxylic acids is 1. The lowest BCUT2D eigenvalue weighted by molar-refractivity contribution is -0.145. The fraction of sp³-hybridized carbons (Fsp3) is 0.929. The number of likely N-dealkylation sites (tertiary alicyclic amines) is 1. The summed E-state index contributed by atoms with van der Waals surface area (Å²) in [6.07, 6.45) is 3.54. The van der Waals surface area contributed by atoms with Crippen molar-refractivity contribution in [2.24, 2.45) is 5.41 Å². The summed E-state index contributed by atoms with van der Waals surface area (Å²) in [7, 11) is 0. The van der Waals surface area contributed by atoms with E-state index in [1.165, 1.54) is 6.42 Å². The molecule has 1 aliphatic rings. The van der Waals surface area contributed by atoms with Crippen LogP contribution < -0.4 is 5.32 Å². The molecule has 1 unspecified atom stereocenters. The summed E-state index contributed by atoms with van der Waals surface area (Å²) in [5.74, 6) is -0.757. The molecule has 0 aromatic heterocycles. The Labute approximate surface area is 111 Å². The number of carboxylic acid groups (broad SMARTS) is 1. The topological polar surface area (TPSA) is 52.6 Å². The van der Waals surface area contributed by atoms with E-state index in [-0.39, 0.29) is 0 Å². The molecule has 0 spiro atoms. The predicted octanol–water partition coefficient (Wildman–Crippen LogP) is 1.95. The van der Waals surface area contributed by atoms with Gasteiger partial charge in [-0.1, -0.05) is 20.8 Å². The van der Waals surface area contributed by atoms with E-state index in [9.17, 15) is 9.90 Å². The number of carbonyl (C=O) groups is 1. The maximum atomic E-state index is 11.4. The van der Waals surface area contributed by atoms with Gasteiger partial charge in [0.05, 0.1) is 0 Å². The van der Waals surface area contributed by atoms with Gasteiger partial charge in [0.2, 0.25) is 0 Å². The van der Waals surface area contributed by atoms with Gasteiger partial charge < -0.3 is 15.3 Å². The van der Waals surface area contributed by atoms with Crippen molar-refractivity contribution in [1.29, 1.82) is 0 Å². The van der Waals surface area contributed by atoms with E-state index in [2.05, 4.69) is 24.1 Å². The van der Waals surface area contributed by atoms with Crippen molar-refractivity contribution >= 4 is 5.97 Å². The molecule has 0 saturated carbocycles. The lowest BCUT2D eigenvalue weighted by Gasteiger charge is -2.32. The number of likely N-dealkylation sites (N-methyl/N-ethyl adjacent to an activating group) is 1. The lowest BCUT2D eigenvalue weighted by atomic mass is 9.85. The van der Waals surface area contributed by atoms with Gasteiger partial charge >= 0.3 is 5.97 Å². The van der Waals surface area contributed by atoms with Gasteiger partial charge in [-0.3, -0.25) is 4.79 Å². The maximum Gasteiger partial charge on any atom is 0.324 e. The Balaban J connectivity index is 2.62. The van der Waals surface area contributed by atoms with Crippen molar-refractivity contribution in [3.05, 3.63) is 0 Å². The van der Waals surface area contributed by atoms with Crippen molar-refractivity contribution < 1.29 is 9.90 Å². The second kappa shape index (κ2) is 6.02. The van der Waals surface area contributed by atoms with Crippen LogP contribution in [-0.2, 0) is 4.79 Å². The maximum absolute atomic E-state index is 11.4. The van der Waals surface area contributed by atoms with Crippen LogP contribution in [0.5, 0.6) is 0 Å². The standard InChI is InChI=1S/C14H28N2O2/c1-5-15-14(4,12(17)18)11-16-9-6-7-13(2,3)8-10-16/h15H,5-11H2,1-4H3,(H,17,18). The third kappa shape index (κ3) is 4.25. The normalized spacial score (nSPS) is 24.2. The smallest absolute Gasteiger partial charge is 0.324 e. The highest BCUT2D eigenvalue weighted by atomic mass is 16.4. The number of carboxylic acids is 1. The van der Waals surface area contributed by atoms with Crippen LogP contribution in [0, 0.1) is 5.41 Å². The number of nitrogens with one attached hydrogen (secondary N) is 1. The molecular weight excluding hydrogens is 228 g/mol. The molecule has 0 radical (unpaired) electrons. The number of rotatable bonds is 5. The van der Waals surface area contributed by atoms with E-state index in [4.69, 9.17) is 0 Å². The molecule has 4 heteroatoms. The quantitative estimate of drug-likeness (QED) is 0.789. The van der Waals surface area contributed by atoms with Crippen molar-refractivity contribution in [1.82, 2.24) is 10.2 Å². The molecule has 1 fully saturated rings. The van der Waals surface area contributed by atoms with Crippen LogP contribution in [0.4, 0.5) is 0 Å². The summed E-state index contributed by atoms with van der Waals surface area (Å²) in [5.41, 5.74) is -0.435. The fourth-order valence-electron chi connectivity index (χ4n) is 2.67. The van der Waals surface area contributed by atoms with Crippen molar-refractivity contribution in [3.63, 3.8) is 0 Å². The molecule has 0 aromatic carbocycles. The molecule has 1 heterocycles. The SMILES string of the molecule is CCNC(C)(CN1CCCC(C)(C)CC1)C(=O)O. The monoisotopic (exact) mass is 256 g/mol. The summed E-state index contributed by atoms with van der Waals surface area (Å²) in [6, 6.07) is 0. The predicted molar refractivity (Wildman–Crippen MR) is 73.8 cm³/mol. The Morgan fingerprint density at radius 2 is 2.06 bits per heavy atom. The molecule has 18 heavy (non-hydrogen) atoms. The van der Waals surface area contributed by atoms with Gasteiger partial charge in [0.1, 0.15) is 5.54 Å². The van der Waals surface area contributed by atoms with E-state index in [0.717, 1.165) is 25.9 Å². The minimum Gasteiger partial charge on any atom is -0.480 e. The van der Waals surface area contributed by atoms with Gasteiger partial charge in [-0.05, 0) is 51.2 Å². The Morgan fingerprint density at radius 1 is 1.39 bits per heavy atom. The van der Waals surface area contributed by atoms with E-state index in [1.807, 2.05) is 6.92 Å². The van der Waals surface area contributed by atoms with E-state index < -0.39 is 11.5 Å². The first-order valence-corrected chi connectivity index (χ1v) is 7.00. The van der Waals surface area contributed by atoms with Crippen LogP contribution in [0.2, 0.25) is 0 Å². The Kier molecular flexibility index (Phi) is 5.17. The summed E-state index contributed by atoms with van der Waals surface area (Å²) < 4.78 is 0. The van der Waals surface area contributed by atoms with Crippen molar-refractivity contribution in [3.8, 4) is 0 Å². The fourth-order valence-corrected chi connectivity index (χ4v) is 2.67. The summed E-state index contributed by atoms with van der Waals surface area (Å²) in [4.78, 5) is 13.7. The molecule has 0 amide bonds. The Hall–Kier alpha value is -0.610. The highest BCUT2D eigenvalue weighted by molar-refractivity contribution is 5.78. The van der Waals surface area contributed by atoms with Crippen LogP contribution >= 0.6 is 0 Å². The first-order valence-electron chi connectivity index (χ1n) is 7.00. The first-order chi connectivity index (χ1) is 8.29. The van der Waals surface area contributed by atoms with Crippen LogP contribution in [0.25, 0.3) is 0 Å². The van der Waals surface area contributed by atoms with Crippen molar-refractivity contribution in [2.75, 3.05) is 26.2 Å². The average Bonchev–Trinajstić information content (AvgIpc) is 2.40. The zero-order valence-electron chi connectivity index (χ0n) is 12.3. The van der Waals surface area contributed by atoms with E-state index in [0.29, 0.717) is 18.5 Å². The van der Waals surface area contributed by atoms with Gasteiger partial charge in [0, 0.05) is 6.54 Å². The lowest BCUT2D eigenvalue weighted by Crippen LogP contribution is -2.57. The third-order valence-electron chi connectivity index (χ3n) is 4.01. The second-order valence-electron chi connectivity index (χ2n) is 6.46. The first kappa shape index (κ1) is 15.4. The molecule has 0 aliphatic carbocycles. The van der Waals surface area contributed by atoms with Gasteiger partial charge in [-0.15, -0.1) is 0 Å². The van der Waals surface area contributed by atoms with E-state index >= 15 is 0 Å². The largest absolute Gasteiger partial charge is 0.480 e. The number of hydrogen-bond donors (Lipinski definition) is 2. The molecule has 2 N–H and O–H groups in total. The zero-order valence-corrected chi connectivity index (χ0v) is 12.3. The molecule has 1 aliphatic heterocycles. The molecule has 1 rings (SSSR count). The van der Waals surface area contributed by atoms with Gasteiger partial charge in [-0.2, -0.15) is 0 Å². The van der Waals surface area contributed by atoms with Crippen molar-refractivity contribution in [2.45, 2.75) is 52.5 Å². The van der Waals surface area contributed by atoms with Crippen LogP contribution in [-0.4, -0.2) is 47.7 Å². The average molecular weight is 256 g/mol. The van der Waals surface area contributed by atoms with Gasteiger partial charge in [0.25, 0.3) is 0 Å². The summed E-state index contributed by atoms with van der Waals surface area (Å²) in [6.45, 7) is 11.6.